The van der Waals surface area contributed by atoms with Gasteiger partial charge in [0.15, 0.2) is 5.65 Å². The predicted octanol–water partition coefficient (Wildman–Crippen LogP) is 0.702. The third kappa shape index (κ3) is 3.13. The van der Waals surface area contributed by atoms with E-state index in [4.69, 9.17) is 4.74 Å². The highest BCUT2D eigenvalue weighted by Gasteiger charge is 2.20. The lowest BCUT2D eigenvalue weighted by Gasteiger charge is -2.31. The van der Waals surface area contributed by atoms with Crippen LogP contribution in [-0.2, 0) is 11.2 Å². The summed E-state index contributed by atoms with van der Waals surface area (Å²) in [5.41, 5.74) is 0.820. The fourth-order valence-corrected chi connectivity index (χ4v) is 2.46. The Kier molecular flexibility index (Phi) is 4.01. The summed E-state index contributed by atoms with van der Waals surface area (Å²) < 4.78 is 7.36. The number of hydrogen-bond donors (Lipinski definition) is 1. The fourth-order valence-electron chi connectivity index (χ4n) is 2.46. The minimum atomic E-state index is -0.0426. The van der Waals surface area contributed by atoms with Crippen LogP contribution in [0, 0.1) is 0 Å². The monoisotopic (exact) mass is 289 g/mol. The highest BCUT2D eigenvalue weighted by Crippen LogP contribution is 2.05. The molecule has 1 saturated heterocycles. The first-order valence-electron chi connectivity index (χ1n) is 7.17. The number of aromatic nitrogens is 3. The van der Waals surface area contributed by atoms with Crippen molar-refractivity contribution in [2.24, 2.45) is 0 Å². The first kappa shape index (κ1) is 13.8. The number of morpholine rings is 1. The maximum absolute atomic E-state index is 12.1. The number of urea groups is 1. The van der Waals surface area contributed by atoms with Gasteiger partial charge in [-0.25, -0.2) is 4.79 Å². The Morgan fingerprint density at radius 2 is 2.38 bits per heavy atom. The van der Waals surface area contributed by atoms with E-state index in [2.05, 4.69) is 15.5 Å². The summed E-state index contributed by atoms with van der Waals surface area (Å²) in [4.78, 5) is 13.8. The molecule has 2 aromatic rings. The van der Waals surface area contributed by atoms with Crippen molar-refractivity contribution in [1.82, 2.24) is 24.8 Å². The zero-order valence-electron chi connectivity index (χ0n) is 12.0. The smallest absolute Gasteiger partial charge is 0.317 e. The average Bonchev–Trinajstić information content (AvgIpc) is 2.91. The van der Waals surface area contributed by atoms with E-state index in [1.807, 2.05) is 35.7 Å². The lowest BCUT2D eigenvalue weighted by Crippen LogP contribution is -2.49. The van der Waals surface area contributed by atoms with Crippen molar-refractivity contribution in [2.75, 3.05) is 26.2 Å². The number of rotatable bonds is 3. The van der Waals surface area contributed by atoms with Crippen LogP contribution in [0.2, 0.25) is 0 Å². The summed E-state index contributed by atoms with van der Waals surface area (Å²) in [6.07, 6.45) is 2.68. The second kappa shape index (κ2) is 6.09. The number of ether oxygens (including phenoxy) is 1. The maximum Gasteiger partial charge on any atom is 0.317 e. The molecule has 21 heavy (non-hydrogen) atoms. The lowest BCUT2D eigenvalue weighted by atomic mass is 10.3. The molecule has 2 aromatic heterocycles. The molecule has 3 heterocycles. The van der Waals surface area contributed by atoms with Gasteiger partial charge in [0.05, 0.1) is 12.7 Å². The summed E-state index contributed by atoms with van der Waals surface area (Å²) in [5, 5.41) is 11.2. The molecule has 0 bridgehead atoms. The molecular formula is C14H19N5O2. The topological polar surface area (TPSA) is 71.8 Å². The molecule has 0 saturated carbocycles. The number of carbonyl (C=O) groups is 1. The quantitative estimate of drug-likeness (QED) is 0.903. The Morgan fingerprint density at radius 3 is 3.24 bits per heavy atom. The zero-order valence-corrected chi connectivity index (χ0v) is 12.0. The van der Waals surface area contributed by atoms with Crippen LogP contribution in [0.3, 0.4) is 0 Å². The van der Waals surface area contributed by atoms with Crippen molar-refractivity contribution >= 4 is 11.7 Å². The minimum Gasteiger partial charge on any atom is -0.375 e. The number of hydrogen-bond acceptors (Lipinski definition) is 4. The molecular weight excluding hydrogens is 270 g/mol. The third-order valence-electron chi connectivity index (χ3n) is 3.54. The Labute approximate surface area is 122 Å². The molecule has 0 unspecified atom stereocenters. The van der Waals surface area contributed by atoms with Crippen LogP contribution in [0.25, 0.3) is 5.65 Å². The largest absolute Gasteiger partial charge is 0.375 e. The zero-order chi connectivity index (χ0) is 14.7. The molecule has 2 amide bonds. The summed E-state index contributed by atoms with van der Waals surface area (Å²) in [6.45, 7) is 4.40. The molecule has 0 aromatic carbocycles. The molecule has 1 N–H and O–H groups in total. The summed E-state index contributed by atoms with van der Waals surface area (Å²) in [6, 6.07) is 5.73. The molecule has 7 heteroatoms. The first-order chi connectivity index (χ1) is 10.2. The van der Waals surface area contributed by atoms with E-state index in [0.717, 1.165) is 11.5 Å². The first-order valence-corrected chi connectivity index (χ1v) is 7.17. The van der Waals surface area contributed by atoms with Gasteiger partial charge in [-0.05, 0) is 19.1 Å². The highest BCUT2D eigenvalue weighted by molar-refractivity contribution is 5.74. The molecule has 1 aliphatic heterocycles. The average molecular weight is 289 g/mol. The van der Waals surface area contributed by atoms with Gasteiger partial charge in [0.2, 0.25) is 0 Å². The number of nitrogens with zero attached hydrogens (tertiary/aromatic N) is 4. The number of pyridine rings is 1. The van der Waals surface area contributed by atoms with E-state index in [1.165, 1.54) is 0 Å². The van der Waals surface area contributed by atoms with Gasteiger partial charge in [0, 0.05) is 32.3 Å². The van der Waals surface area contributed by atoms with Gasteiger partial charge in [0.1, 0.15) is 5.82 Å². The number of fused-ring (bicyclic) bond motifs is 1. The van der Waals surface area contributed by atoms with Crippen LogP contribution in [-0.4, -0.2) is 57.9 Å². The van der Waals surface area contributed by atoms with Crippen LogP contribution in [0.1, 0.15) is 12.7 Å². The number of amides is 2. The van der Waals surface area contributed by atoms with Crippen molar-refractivity contribution in [3.63, 3.8) is 0 Å². The normalized spacial score (nSPS) is 18.9. The van der Waals surface area contributed by atoms with Crippen molar-refractivity contribution in [3.05, 3.63) is 30.2 Å². The van der Waals surface area contributed by atoms with Crippen LogP contribution >= 0.6 is 0 Å². The predicted molar refractivity (Wildman–Crippen MR) is 77.1 cm³/mol. The Hall–Kier alpha value is -2.15. The van der Waals surface area contributed by atoms with E-state index >= 15 is 0 Å². The second-order valence-corrected chi connectivity index (χ2v) is 5.15. The Balaban J connectivity index is 1.52. The molecule has 3 rings (SSSR count). The fraction of sp³-hybridized carbons (Fsp3) is 0.500. The van der Waals surface area contributed by atoms with E-state index < -0.39 is 0 Å². The van der Waals surface area contributed by atoms with Gasteiger partial charge in [-0.2, -0.15) is 0 Å². The molecule has 1 atom stereocenters. The van der Waals surface area contributed by atoms with Gasteiger partial charge >= 0.3 is 6.03 Å². The lowest BCUT2D eigenvalue weighted by molar-refractivity contribution is -0.00343. The molecule has 0 radical (unpaired) electrons. The molecule has 7 nitrogen and oxygen atoms in total. The van der Waals surface area contributed by atoms with E-state index in [-0.39, 0.29) is 12.1 Å². The van der Waals surface area contributed by atoms with Crippen LogP contribution in [0.4, 0.5) is 4.79 Å². The van der Waals surface area contributed by atoms with Crippen LogP contribution in [0.15, 0.2) is 24.4 Å². The van der Waals surface area contributed by atoms with E-state index in [0.29, 0.717) is 32.7 Å². The standard InChI is InChI=1S/C14H19N5O2/c1-11-10-18(8-9-21-11)14(20)15-6-5-13-17-16-12-4-2-3-7-19(12)13/h2-4,7,11H,5-6,8-10H2,1H3,(H,15,20)/t11-/m0/s1. The Morgan fingerprint density at radius 1 is 1.48 bits per heavy atom. The Bertz CT molecular complexity index is 627. The van der Waals surface area contributed by atoms with Crippen molar-refractivity contribution in [1.29, 1.82) is 0 Å². The van der Waals surface area contributed by atoms with Gasteiger partial charge in [0.25, 0.3) is 0 Å². The van der Waals surface area contributed by atoms with Crippen LogP contribution in [0.5, 0.6) is 0 Å². The highest BCUT2D eigenvalue weighted by atomic mass is 16.5. The van der Waals surface area contributed by atoms with Gasteiger partial charge in [-0.3, -0.25) is 4.40 Å². The number of nitrogens with one attached hydrogen (secondary N) is 1. The SMILES string of the molecule is C[C@H]1CN(C(=O)NCCc2nnc3ccccn23)CCO1. The molecule has 1 fully saturated rings. The van der Waals surface area contributed by atoms with Gasteiger partial charge < -0.3 is 15.0 Å². The summed E-state index contributed by atoms with van der Waals surface area (Å²) >= 11 is 0. The summed E-state index contributed by atoms with van der Waals surface area (Å²) in [5.74, 6) is 0.848. The van der Waals surface area contributed by atoms with Gasteiger partial charge in [-0.1, -0.05) is 6.07 Å². The molecule has 112 valence electrons. The summed E-state index contributed by atoms with van der Waals surface area (Å²) in [7, 11) is 0. The van der Waals surface area contributed by atoms with Crippen molar-refractivity contribution < 1.29 is 9.53 Å². The second-order valence-electron chi connectivity index (χ2n) is 5.15. The van der Waals surface area contributed by atoms with Gasteiger partial charge in [-0.15, -0.1) is 10.2 Å². The minimum absolute atomic E-state index is 0.0426. The molecule has 0 spiro atoms. The molecule has 0 aliphatic carbocycles. The number of carbonyl (C=O) groups excluding carboxylic acids is 1. The van der Waals surface area contributed by atoms with Crippen LogP contribution < -0.4 is 5.32 Å². The third-order valence-corrected chi connectivity index (χ3v) is 3.54. The maximum atomic E-state index is 12.1. The van der Waals surface area contributed by atoms with E-state index in [9.17, 15) is 4.79 Å². The van der Waals surface area contributed by atoms with Crippen molar-refractivity contribution in [3.8, 4) is 0 Å². The van der Waals surface area contributed by atoms with E-state index in [1.54, 1.807) is 4.90 Å². The molecule has 1 aliphatic rings. The van der Waals surface area contributed by atoms with Crippen molar-refractivity contribution in [2.45, 2.75) is 19.4 Å².